The minimum absolute atomic E-state index is 0.0257. The number of rotatable bonds is 5. The number of nitrogens with one attached hydrogen (secondary N) is 2. The number of benzene rings is 1. The molecule has 2 N–H and O–H groups in total. The van der Waals surface area contributed by atoms with Gasteiger partial charge in [-0.1, -0.05) is 82.5 Å². The Balaban J connectivity index is 1.32. The SMILES string of the molecule is CC1CCCC(NC(=O)C2N(C3CCCCCCC3)C(=O)C3C(C(=O)Nc4ccc(Cl)cc4)C4C=CC32O4)C1C. The summed E-state index contributed by atoms with van der Waals surface area (Å²) in [6.45, 7) is 4.48. The lowest BCUT2D eigenvalue weighted by Crippen LogP contribution is -2.59. The van der Waals surface area contributed by atoms with Crippen LogP contribution in [0.1, 0.15) is 78.1 Å². The maximum Gasteiger partial charge on any atom is 0.246 e. The van der Waals surface area contributed by atoms with Gasteiger partial charge >= 0.3 is 0 Å². The van der Waals surface area contributed by atoms with Crippen LogP contribution in [0.4, 0.5) is 5.69 Å². The standard InChI is InChI=1S/C32H42ClN3O4/c1-19-9-8-12-24(20(19)2)35-30(38)28-32-18-17-25(40-32)26(29(37)34-22-15-13-21(33)14-16-22)27(32)31(39)36(28)23-10-6-4-3-5-7-11-23/h13-20,23-28H,3-12H2,1-2H3,(H,34,37)(H,35,38). The summed E-state index contributed by atoms with van der Waals surface area (Å²) < 4.78 is 6.58. The molecule has 0 aromatic heterocycles. The molecule has 2 saturated carbocycles. The van der Waals surface area contributed by atoms with Crippen molar-refractivity contribution >= 4 is 35.0 Å². The molecule has 0 radical (unpaired) electrons. The van der Waals surface area contributed by atoms with Crippen LogP contribution in [0, 0.1) is 23.7 Å². The molecule has 2 aliphatic carbocycles. The Morgan fingerprint density at radius 3 is 2.38 bits per heavy atom. The topological polar surface area (TPSA) is 87.7 Å². The van der Waals surface area contributed by atoms with E-state index in [1.807, 2.05) is 17.1 Å². The normalized spacial score (nSPS) is 37.6. The van der Waals surface area contributed by atoms with Crippen molar-refractivity contribution in [3.63, 3.8) is 0 Å². The predicted molar refractivity (Wildman–Crippen MR) is 155 cm³/mol. The average molecular weight is 568 g/mol. The van der Waals surface area contributed by atoms with E-state index in [0.29, 0.717) is 22.5 Å². The molecular weight excluding hydrogens is 526 g/mol. The molecule has 216 valence electrons. The predicted octanol–water partition coefficient (Wildman–Crippen LogP) is 5.48. The summed E-state index contributed by atoms with van der Waals surface area (Å²) in [6, 6.07) is 6.23. The molecule has 3 heterocycles. The van der Waals surface area contributed by atoms with Gasteiger partial charge in [0.15, 0.2) is 0 Å². The lowest BCUT2D eigenvalue weighted by atomic mass is 9.73. The van der Waals surface area contributed by atoms with Crippen LogP contribution in [0.25, 0.3) is 0 Å². The van der Waals surface area contributed by atoms with E-state index in [4.69, 9.17) is 16.3 Å². The molecule has 8 unspecified atom stereocenters. The van der Waals surface area contributed by atoms with E-state index in [1.54, 1.807) is 24.3 Å². The van der Waals surface area contributed by atoms with Gasteiger partial charge in [0, 0.05) is 22.8 Å². The number of halogens is 1. The second kappa shape index (κ2) is 11.1. The highest BCUT2D eigenvalue weighted by atomic mass is 35.5. The zero-order valence-electron chi connectivity index (χ0n) is 23.6. The molecule has 3 amide bonds. The summed E-state index contributed by atoms with van der Waals surface area (Å²) in [5.74, 6) is -1.02. The molecule has 40 heavy (non-hydrogen) atoms. The van der Waals surface area contributed by atoms with Gasteiger partial charge in [-0.05, 0) is 55.4 Å². The monoisotopic (exact) mass is 567 g/mol. The quantitative estimate of drug-likeness (QED) is 0.461. The van der Waals surface area contributed by atoms with Crippen LogP contribution in [-0.4, -0.2) is 52.5 Å². The van der Waals surface area contributed by atoms with Crippen molar-refractivity contribution in [1.29, 1.82) is 0 Å². The van der Waals surface area contributed by atoms with Gasteiger partial charge in [-0.2, -0.15) is 0 Å². The van der Waals surface area contributed by atoms with E-state index < -0.39 is 29.6 Å². The van der Waals surface area contributed by atoms with Gasteiger partial charge < -0.3 is 20.3 Å². The van der Waals surface area contributed by atoms with Crippen molar-refractivity contribution in [2.45, 2.75) is 108 Å². The summed E-state index contributed by atoms with van der Waals surface area (Å²) in [5.41, 5.74) is -0.507. The fourth-order valence-electron chi connectivity index (χ4n) is 8.12. The Hall–Kier alpha value is -2.38. The van der Waals surface area contributed by atoms with Crippen LogP contribution in [0.2, 0.25) is 5.02 Å². The van der Waals surface area contributed by atoms with E-state index in [1.165, 1.54) is 12.8 Å². The maximum atomic E-state index is 14.4. The third kappa shape index (κ3) is 4.77. The second-order valence-corrected chi connectivity index (χ2v) is 13.3. The highest BCUT2D eigenvalue weighted by Gasteiger charge is 2.73. The molecule has 8 heteroatoms. The zero-order valence-corrected chi connectivity index (χ0v) is 24.4. The number of hydrogen-bond acceptors (Lipinski definition) is 4. The smallest absolute Gasteiger partial charge is 0.246 e. The summed E-state index contributed by atoms with van der Waals surface area (Å²) in [6.07, 6.45) is 13.8. The van der Waals surface area contributed by atoms with Crippen LogP contribution in [0.5, 0.6) is 0 Å². The molecule has 3 aliphatic heterocycles. The van der Waals surface area contributed by atoms with E-state index in [9.17, 15) is 14.4 Å². The van der Waals surface area contributed by atoms with Gasteiger partial charge in [-0.3, -0.25) is 14.4 Å². The number of fused-ring (bicyclic) bond motifs is 1. The number of carbonyl (C=O) groups excluding carboxylic acids is 3. The van der Waals surface area contributed by atoms with Crippen molar-refractivity contribution in [1.82, 2.24) is 10.2 Å². The second-order valence-electron chi connectivity index (χ2n) is 12.8. The van der Waals surface area contributed by atoms with Gasteiger partial charge in [0.2, 0.25) is 17.7 Å². The fraction of sp³-hybridized carbons (Fsp3) is 0.656. The molecule has 6 rings (SSSR count). The van der Waals surface area contributed by atoms with E-state index in [-0.39, 0.29) is 29.8 Å². The van der Waals surface area contributed by atoms with E-state index in [2.05, 4.69) is 24.5 Å². The highest BCUT2D eigenvalue weighted by Crippen LogP contribution is 2.56. The number of nitrogens with zero attached hydrogens (tertiary/aromatic N) is 1. The maximum absolute atomic E-state index is 14.4. The van der Waals surface area contributed by atoms with Gasteiger partial charge in [-0.15, -0.1) is 0 Å². The summed E-state index contributed by atoms with van der Waals surface area (Å²) in [7, 11) is 0. The molecule has 1 aromatic carbocycles. The Morgan fingerprint density at radius 2 is 1.65 bits per heavy atom. The van der Waals surface area contributed by atoms with Crippen LogP contribution >= 0.6 is 11.6 Å². The molecule has 8 atom stereocenters. The largest absolute Gasteiger partial charge is 0.359 e. The number of amides is 3. The highest BCUT2D eigenvalue weighted by molar-refractivity contribution is 6.30. The third-order valence-electron chi connectivity index (χ3n) is 10.5. The summed E-state index contributed by atoms with van der Waals surface area (Å²) in [5, 5.41) is 6.94. The van der Waals surface area contributed by atoms with Crippen molar-refractivity contribution in [3.8, 4) is 0 Å². The average Bonchev–Trinajstić information content (AvgIpc) is 3.55. The van der Waals surface area contributed by atoms with E-state index in [0.717, 1.165) is 51.4 Å². The minimum atomic E-state index is -1.13. The first-order valence-corrected chi connectivity index (χ1v) is 15.7. The number of anilines is 1. The first-order chi connectivity index (χ1) is 19.3. The first kappa shape index (κ1) is 27.8. The number of carbonyl (C=O) groups is 3. The van der Waals surface area contributed by atoms with Gasteiger partial charge in [0.1, 0.15) is 11.6 Å². The first-order valence-electron chi connectivity index (χ1n) is 15.4. The minimum Gasteiger partial charge on any atom is -0.359 e. The zero-order chi connectivity index (χ0) is 28.0. The summed E-state index contributed by atoms with van der Waals surface area (Å²) in [4.78, 5) is 44.3. The van der Waals surface area contributed by atoms with Crippen LogP contribution < -0.4 is 10.6 Å². The lowest BCUT2D eigenvalue weighted by Gasteiger charge is -2.40. The van der Waals surface area contributed by atoms with Crippen molar-refractivity contribution in [2.75, 3.05) is 5.32 Å². The Bertz CT molecular complexity index is 1160. The van der Waals surface area contributed by atoms with Gasteiger partial charge in [0.05, 0.1) is 17.9 Å². The van der Waals surface area contributed by atoms with Gasteiger partial charge in [0.25, 0.3) is 0 Å². The molecular formula is C32H42ClN3O4. The molecule has 1 aromatic rings. The third-order valence-corrected chi connectivity index (χ3v) is 10.7. The van der Waals surface area contributed by atoms with Crippen LogP contribution in [0.3, 0.4) is 0 Å². The number of ether oxygens (including phenoxy) is 1. The lowest BCUT2D eigenvalue weighted by molar-refractivity contribution is -0.144. The van der Waals surface area contributed by atoms with Crippen molar-refractivity contribution in [2.24, 2.45) is 23.7 Å². The Kier molecular flexibility index (Phi) is 7.73. The van der Waals surface area contributed by atoms with Crippen LogP contribution in [0.15, 0.2) is 36.4 Å². The molecule has 7 nitrogen and oxygen atoms in total. The Morgan fingerprint density at radius 1 is 0.950 bits per heavy atom. The number of likely N-dealkylation sites (tertiary alicyclic amines) is 1. The number of hydrogen-bond donors (Lipinski definition) is 2. The van der Waals surface area contributed by atoms with Crippen molar-refractivity contribution in [3.05, 3.63) is 41.4 Å². The van der Waals surface area contributed by atoms with Crippen molar-refractivity contribution < 1.29 is 19.1 Å². The molecule has 2 saturated heterocycles. The molecule has 2 bridgehead atoms. The molecule has 1 spiro atoms. The summed E-state index contributed by atoms with van der Waals surface area (Å²) >= 11 is 6.03. The fourth-order valence-corrected chi connectivity index (χ4v) is 8.24. The van der Waals surface area contributed by atoms with Crippen LogP contribution in [-0.2, 0) is 19.1 Å². The Labute approximate surface area is 242 Å². The van der Waals surface area contributed by atoms with E-state index >= 15 is 0 Å². The molecule has 4 fully saturated rings. The van der Waals surface area contributed by atoms with Gasteiger partial charge in [-0.25, -0.2) is 0 Å². The molecule has 5 aliphatic rings.